The van der Waals surface area contributed by atoms with E-state index in [0.29, 0.717) is 10.7 Å². The number of imide groups is 1. The van der Waals surface area contributed by atoms with Gasteiger partial charge in [0, 0.05) is 5.02 Å². The van der Waals surface area contributed by atoms with Crippen molar-refractivity contribution >= 4 is 29.1 Å². The number of benzene rings is 1. The zero-order valence-corrected chi connectivity index (χ0v) is 13.5. The molecule has 0 spiro atoms. The Kier molecular flexibility index (Phi) is 2.87. The molecule has 3 heterocycles. The molecule has 2 amide bonds. The minimum absolute atomic E-state index is 0.304. The fourth-order valence-corrected chi connectivity index (χ4v) is 4.19. The predicted molar refractivity (Wildman–Crippen MR) is 84.1 cm³/mol. The number of nitrogens with zero attached hydrogens (tertiary/aromatic N) is 1. The number of aryl methyl sites for hydroxylation is 1. The van der Waals surface area contributed by atoms with Crippen molar-refractivity contribution in [1.29, 1.82) is 0 Å². The van der Waals surface area contributed by atoms with Gasteiger partial charge in [0.1, 0.15) is 5.60 Å². The van der Waals surface area contributed by atoms with Gasteiger partial charge < -0.3 is 9.84 Å². The predicted octanol–water partition coefficient (Wildman–Crippen LogP) is 1.84. The maximum atomic E-state index is 12.9. The summed E-state index contributed by atoms with van der Waals surface area (Å²) in [6.07, 6.45) is 3.49. The molecule has 0 saturated carbocycles. The summed E-state index contributed by atoms with van der Waals surface area (Å²) in [7, 11) is 0. The molecule has 4 atom stereocenters. The molecule has 120 valence electrons. The van der Waals surface area contributed by atoms with Crippen molar-refractivity contribution < 1.29 is 19.4 Å². The molecule has 1 aromatic carbocycles. The molecule has 2 saturated heterocycles. The minimum atomic E-state index is -1.10. The van der Waals surface area contributed by atoms with Crippen LogP contribution in [0, 0.1) is 18.8 Å². The van der Waals surface area contributed by atoms with Gasteiger partial charge in [-0.25, -0.2) is 4.90 Å². The summed E-state index contributed by atoms with van der Waals surface area (Å²) in [6, 6.07) is 5.11. The number of halogens is 1. The molecule has 3 aliphatic heterocycles. The molecule has 1 N–H and O–H groups in total. The number of hydrogen-bond donors (Lipinski definition) is 1. The van der Waals surface area contributed by atoms with Crippen molar-refractivity contribution in [2.24, 2.45) is 11.8 Å². The highest BCUT2D eigenvalue weighted by Crippen LogP contribution is 2.57. The van der Waals surface area contributed by atoms with Gasteiger partial charge in [0.2, 0.25) is 11.8 Å². The van der Waals surface area contributed by atoms with Gasteiger partial charge in [-0.1, -0.05) is 29.8 Å². The monoisotopic (exact) mass is 333 g/mol. The Bertz CT molecular complexity index is 776. The largest absolute Gasteiger partial charge is 0.393 e. The van der Waals surface area contributed by atoms with Crippen LogP contribution in [0.3, 0.4) is 0 Å². The summed E-state index contributed by atoms with van der Waals surface area (Å²) in [5.74, 6) is -1.97. The maximum Gasteiger partial charge on any atom is 0.241 e. The van der Waals surface area contributed by atoms with Crippen molar-refractivity contribution in [2.75, 3.05) is 11.5 Å². The second-order valence-corrected chi connectivity index (χ2v) is 7.04. The number of carbonyl (C=O) groups excluding carboxylic acids is 2. The summed E-state index contributed by atoms with van der Waals surface area (Å²) in [4.78, 5) is 27.0. The van der Waals surface area contributed by atoms with Gasteiger partial charge in [0.25, 0.3) is 0 Å². The molecular formula is C17H16ClNO4. The summed E-state index contributed by atoms with van der Waals surface area (Å²) in [5, 5.41) is 10.3. The Morgan fingerprint density at radius 1 is 1.26 bits per heavy atom. The van der Waals surface area contributed by atoms with E-state index in [4.69, 9.17) is 16.3 Å². The van der Waals surface area contributed by atoms with Gasteiger partial charge in [-0.05, 0) is 31.5 Å². The number of hydrogen-bond acceptors (Lipinski definition) is 4. The lowest BCUT2D eigenvalue weighted by Gasteiger charge is -2.27. The van der Waals surface area contributed by atoms with Crippen molar-refractivity contribution in [3.8, 4) is 0 Å². The average Bonchev–Trinajstić information content (AvgIpc) is 3.09. The van der Waals surface area contributed by atoms with Gasteiger partial charge in [-0.3, -0.25) is 9.59 Å². The van der Waals surface area contributed by atoms with Gasteiger partial charge >= 0.3 is 0 Å². The Morgan fingerprint density at radius 2 is 1.96 bits per heavy atom. The quantitative estimate of drug-likeness (QED) is 0.662. The van der Waals surface area contributed by atoms with Crippen LogP contribution in [0.2, 0.25) is 5.02 Å². The van der Waals surface area contributed by atoms with Crippen molar-refractivity contribution in [3.05, 3.63) is 40.9 Å². The number of anilines is 1. The van der Waals surface area contributed by atoms with Crippen LogP contribution in [0.15, 0.2) is 30.4 Å². The lowest BCUT2D eigenvalue weighted by Crippen LogP contribution is -2.43. The second kappa shape index (κ2) is 4.44. The minimum Gasteiger partial charge on any atom is -0.393 e. The van der Waals surface area contributed by atoms with Crippen LogP contribution in [0.5, 0.6) is 0 Å². The van der Waals surface area contributed by atoms with E-state index >= 15 is 0 Å². The van der Waals surface area contributed by atoms with Crippen LogP contribution >= 0.6 is 11.6 Å². The zero-order valence-electron chi connectivity index (χ0n) is 12.7. The highest BCUT2D eigenvalue weighted by atomic mass is 35.5. The van der Waals surface area contributed by atoms with E-state index in [1.165, 1.54) is 4.90 Å². The Balaban J connectivity index is 1.81. The van der Waals surface area contributed by atoms with Gasteiger partial charge in [0.05, 0.1) is 29.7 Å². The lowest BCUT2D eigenvalue weighted by atomic mass is 9.73. The Hall–Kier alpha value is -1.69. The molecule has 6 heteroatoms. The normalized spacial score (nSPS) is 37.8. The number of aliphatic hydroxyl groups excluding tert-OH is 1. The SMILES string of the molecule is Cc1ccc(N2C(=O)[C@@H]3[C@H](C2=O)[C@@]2(CO)C=C[C@@]3(C)O2)cc1Cl. The Labute approximate surface area is 138 Å². The van der Waals surface area contributed by atoms with Crippen LogP contribution in [0.4, 0.5) is 5.69 Å². The molecule has 0 radical (unpaired) electrons. The van der Waals surface area contributed by atoms with E-state index in [-0.39, 0.29) is 18.4 Å². The molecule has 4 rings (SSSR count). The number of ether oxygens (including phenoxy) is 1. The van der Waals surface area contributed by atoms with Crippen molar-refractivity contribution in [1.82, 2.24) is 0 Å². The van der Waals surface area contributed by atoms with Crippen LogP contribution in [-0.4, -0.2) is 34.7 Å². The van der Waals surface area contributed by atoms with E-state index in [1.807, 2.05) is 6.92 Å². The van der Waals surface area contributed by atoms with Gasteiger partial charge in [-0.2, -0.15) is 0 Å². The van der Waals surface area contributed by atoms with Crippen LogP contribution in [-0.2, 0) is 14.3 Å². The molecule has 23 heavy (non-hydrogen) atoms. The van der Waals surface area contributed by atoms with Crippen LogP contribution < -0.4 is 4.90 Å². The second-order valence-electron chi connectivity index (χ2n) is 6.63. The standard InChI is InChI=1S/C17H16ClNO4/c1-9-3-4-10(7-11(9)18)19-14(21)12-13(15(19)22)17(8-20)6-5-16(12,2)23-17/h3-7,12-13,20H,8H2,1-2H3/t12-,13+,16+,17-/m0/s1. The molecule has 1 aromatic rings. The third kappa shape index (κ3) is 1.70. The first-order chi connectivity index (χ1) is 10.8. The highest BCUT2D eigenvalue weighted by molar-refractivity contribution is 6.32. The average molecular weight is 334 g/mol. The number of amides is 2. The van der Waals surface area contributed by atoms with E-state index in [2.05, 4.69) is 0 Å². The third-order valence-electron chi connectivity index (χ3n) is 5.22. The fourth-order valence-electron chi connectivity index (χ4n) is 4.02. The smallest absolute Gasteiger partial charge is 0.241 e. The molecule has 2 bridgehead atoms. The Morgan fingerprint density at radius 3 is 2.61 bits per heavy atom. The maximum absolute atomic E-state index is 12.9. The summed E-state index contributed by atoms with van der Waals surface area (Å²) in [5.41, 5.74) is -0.627. The molecule has 0 aromatic heterocycles. The first-order valence-corrected chi connectivity index (χ1v) is 7.86. The highest BCUT2D eigenvalue weighted by Gasteiger charge is 2.72. The lowest BCUT2D eigenvalue weighted by molar-refractivity contribution is -0.131. The number of rotatable bonds is 2. The molecule has 0 aliphatic carbocycles. The summed E-state index contributed by atoms with van der Waals surface area (Å²) >= 11 is 6.13. The van der Waals surface area contributed by atoms with Gasteiger partial charge in [-0.15, -0.1) is 0 Å². The van der Waals surface area contributed by atoms with Crippen molar-refractivity contribution in [3.63, 3.8) is 0 Å². The summed E-state index contributed by atoms with van der Waals surface area (Å²) < 4.78 is 5.88. The summed E-state index contributed by atoms with van der Waals surface area (Å²) in [6.45, 7) is 3.30. The first kappa shape index (κ1) is 14.9. The molecule has 2 fully saturated rings. The van der Waals surface area contributed by atoms with E-state index in [9.17, 15) is 14.7 Å². The van der Waals surface area contributed by atoms with Crippen LogP contribution in [0.1, 0.15) is 12.5 Å². The molecule has 0 unspecified atom stereocenters. The van der Waals surface area contributed by atoms with Crippen LogP contribution in [0.25, 0.3) is 0 Å². The van der Waals surface area contributed by atoms with E-state index < -0.39 is 23.0 Å². The van der Waals surface area contributed by atoms with Gasteiger partial charge in [0.15, 0.2) is 0 Å². The zero-order chi connectivity index (χ0) is 16.6. The molecule has 5 nitrogen and oxygen atoms in total. The van der Waals surface area contributed by atoms with Crippen molar-refractivity contribution in [2.45, 2.75) is 25.0 Å². The van der Waals surface area contributed by atoms with E-state index in [0.717, 1.165) is 5.56 Å². The number of fused-ring (bicyclic) bond motifs is 5. The van der Waals surface area contributed by atoms with E-state index in [1.54, 1.807) is 37.3 Å². The topological polar surface area (TPSA) is 66.8 Å². The number of aliphatic hydroxyl groups is 1. The molecular weight excluding hydrogens is 318 g/mol. The third-order valence-corrected chi connectivity index (χ3v) is 5.62. The number of carbonyl (C=O) groups is 2. The molecule has 3 aliphatic rings. The first-order valence-electron chi connectivity index (χ1n) is 7.48. The fraction of sp³-hybridized carbons (Fsp3) is 0.412.